The van der Waals surface area contributed by atoms with Crippen LogP contribution in [0.1, 0.15) is 37.8 Å². The summed E-state index contributed by atoms with van der Waals surface area (Å²) in [7, 11) is 0. The van der Waals surface area contributed by atoms with Crippen LogP contribution in [0.2, 0.25) is 0 Å². The zero-order valence-electron chi connectivity index (χ0n) is 17.2. The first kappa shape index (κ1) is 22.9. The smallest absolute Gasteiger partial charge is 0.367 e. The molecule has 2 heterocycles. The number of hydrogen-bond donors (Lipinski definition) is 3. The fourth-order valence-electron chi connectivity index (χ4n) is 3.84. The lowest BCUT2D eigenvalue weighted by atomic mass is 9.92. The first-order chi connectivity index (χ1) is 15.6. The number of nitrogens with one attached hydrogen (secondary N) is 2. The summed E-state index contributed by atoms with van der Waals surface area (Å²) < 4.78 is 66.6. The molecule has 1 saturated carbocycles. The molecule has 0 radical (unpaired) electrons. The van der Waals surface area contributed by atoms with Gasteiger partial charge >= 0.3 is 12.7 Å². The third kappa shape index (κ3) is 5.05. The van der Waals surface area contributed by atoms with E-state index >= 15 is 0 Å². The quantitative estimate of drug-likeness (QED) is 0.473. The van der Waals surface area contributed by atoms with E-state index < -0.39 is 23.8 Å². The SMILES string of the molecule is N[C@H]1CC[C@@H](Nc2nc(Nc3ccc4c(=O)n(C(F)F)ccc4c3)ncc2C(F)(F)F)CC1. The number of rotatable bonds is 5. The Labute approximate surface area is 184 Å². The lowest BCUT2D eigenvalue weighted by Gasteiger charge is -2.28. The number of aromatic nitrogens is 3. The molecule has 33 heavy (non-hydrogen) atoms. The van der Waals surface area contributed by atoms with E-state index in [1.54, 1.807) is 0 Å². The van der Waals surface area contributed by atoms with Crippen molar-refractivity contribution in [3.05, 3.63) is 52.6 Å². The number of alkyl halides is 5. The average molecular weight is 468 g/mol. The molecule has 0 amide bonds. The third-order valence-corrected chi connectivity index (χ3v) is 5.60. The molecule has 4 N–H and O–H groups in total. The van der Waals surface area contributed by atoms with Crippen LogP contribution in [0.25, 0.3) is 10.8 Å². The number of nitrogens with two attached hydrogens (primary N) is 1. The van der Waals surface area contributed by atoms with E-state index in [0.29, 0.717) is 47.5 Å². The minimum atomic E-state index is -4.64. The van der Waals surface area contributed by atoms with Gasteiger partial charge in [0.1, 0.15) is 11.4 Å². The molecule has 4 rings (SSSR count). The Morgan fingerprint density at radius 3 is 2.52 bits per heavy atom. The van der Waals surface area contributed by atoms with Gasteiger partial charge in [0.25, 0.3) is 5.56 Å². The molecule has 176 valence electrons. The second-order valence-corrected chi connectivity index (χ2v) is 7.94. The molecule has 1 fully saturated rings. The Kier molecular flexibility index (Phi) is 6.19. The Bertz CT molecular complexity index is 1200. The third-order valence-electron chi connectivity index (χ3n) is 5.60. The molecule has 7 nitrogen and oxygen atoms in total. The highest BCUT2D eigenvalue weighted by Crippen LogP contribution is 2.35. The maximum atomic E-state index is 13.5. The number of fused-ring (bicyclic) bond motifs is 1. The van der Waals surface area contributed by atoms with Crippen LogP contribution >= 0.6 is 0 Å². The van der Waals surface area contributed by atoms with Crippen molar-refractivity contribution in [2.45, 2.75) is 50.5 Å². The van der Waals surface area contributed by atoms with E-state index in [-0.39, 0.29) is 29.2 Å². The number of anilines is 3. The fraction of sp³-hybridized carbons (Fsp3) is 0.381. The fourth-order valence-corrected chi connectivity index (χ4v) is 3.84. The maximum absolute atomic E-state index is 13.5. The van der Waals surface area contributed by atoms with Crippen molar-refractivity contribution in [1.29, 1.82) is 0 Å². The Balaban J connectivity index is 1.61. The predicted octanol–water partition coefficient (Wildman–Crippen LogP) is 4.63. The molecule has 0 unspecified atom stereocenters. The topological polar surface area (TPSA) is 97.9 Å². The van der Waals surface area contributed by atoms with Gasteiger partial charge in [-0.1, -0.05) is 0 Å². The summed E-state index contributed by atoms with van der Waals surface area (Å²) in [6.07, 6.45) is -0.281. The number of pyridine rings is 1. The molecular formula is C21H21F5N6O. The average Bonchev–Trinajstić information content (AvgIpc) is 2.74. The highest BCUT2D eigenvalue weighted by Gasteiger charge is 2.36. The minimum Gasteiger partial charge on any atom is -0.367 e. The van der Waals surface area contributed by atoms with Crippen molar-refractivity contribution in [1.82, 2.24) is 14.5 Å². The van der Waals surface area contributed by atoms with Crippen molar-refractivity contribution in [2.24, 2.45) is 5.73 Å². The van der Waals surface area contributed by atoms with Crippen LogP contribution in [-0.4, -0.2) is 26.6 Å². The molecule has 0 aliphatic heterocycles. The summed E-state index contributed by atoms with van der Waals surface area (Å²) in [6, 6.07) is 5.51. The minimum absolute atomic E-state index is 0.0467. The first-order valence-corrected chi connectivity index (χ1v) is 10.3. The van der Waals surface area contributed by atoms with Gasteiger partial charge in [-0.05, 0) is 55.3 Å². The summed E-state index contributed by atoms with van der Waals surface area (Å²) in [6.45, 7) is -2.97. The summed E-state index contributed by atoms with van der Waals surface area (Å²) >= 11 is 0. The highest BCUT2D eigenvalue weighted by atomic mass is 19.4. The van der Waals surface area contributed by atoms with E-state index in [2.05, 4.69) is 20.6 Å². The van der Waals surface area contributed by atoms with Crippen LogP contribution in [0.15, 0.2) is 41.5 Å². The van der Waals surface area contributed by atoms with Gasteiger partial charge < -0.3 is 16.4 Å². The second kappa shape index (κ2) is 8.93. The van der Waals surface area contributed by atoms with Crippen LogP contribution in [0, 0.1) is 0 Å². The molecule has 1 aromatic carbocycles. The van der Waals surface area contributed by atoms with E-state index in [9.17, 15) is 26.7 Å². The van der Waals surface area contributed by atoms with Crippen LogP contribution in [0.5, 0.6) is 0 Å². The number of benzene rings is 1. The zero-order chi connectivity index (χ0) is 23.8. The van der Waals surface area contributed by atoms with Gasteiger partial charge in [-0.25, -0.2) is 4.98 Å². The Morgan fingerprint density at radius 1 is 1.12 bits per heavy atom. The van der Waals surface area contributed by atoms with E-state index in [1.165, 1.54) is 24.3 Å². The molecular weight excluding hydrogens is 447 g/mol. The van der Waals surface area contributed by atoms with Gasteiger partial charge in [0.05, 0.1) is 0 Å². The second-order valence-electron chi connectivity index (χ2n) is 7.94. The van der Waals surface area contributed by atoms with Crippen molar-refractivity contribution >= 4 is 28.2 Å². The predicted molar refractivity (Wildman–Crippen MR) is 114 cm³/mol. The molecule has 3 aromatic rings. The zero-order valence-corrected chi connectivity index (χ0v) is 17.2. The first-order valence-electron chi connectivity index (χ1n) is 10.3. The highest BCUT2D eigenvalue weighted by molar-refractivity contribution is 5.85. The van der Waals surface area contributed by atoms with Crippen LogP contribution in [0.4, 0.5) is 39.4 Å². The number of nitrogens with zero attached hydrogens (tertiary/aromatic N) is 3. The van der Waals surface area contributed by atoms with Gasteiger partial charge in [-0.2, -0.15) is 26.9 Å². The normalized spacial score (nSPS) is 19.1. The van der Waals surface area contributed by atoms with Crippen molar-refractivity contribution in [3.63, 3.8) is 0 Å². The van der Waals surface area contributed by atoms with Gasteiger partial charge in [0.2, 0.25) is 5.95 Å². The van der Waals surface area contributed by atoms with Crippen molar-refractivity contribution in [2.75, 3.05) is 10.6 Å². The van der Waals surface area contributed by atoms with E-state index in [1.807, 2.05) is 0 Å². The molecule has 0 atom stereocenters. The van der Waals surface area contributed by atoms with Crippen LogP contribution in [-0.2, 0) is 6.18 Å². The van der Waals surface area contributed by atoms with Gasteiger partial charge in [-0.15, -0.1) is 0 Å². The molecule has 1 aliphatic rings. The summed E-state index contributed by atoms with van der Waals surface area (Å²) in [4.78, 5) is 19.9. The molecule has 0 bridgehead atoms. The maximum Gasteiger partial charge on any atom is 0.421 e. The summed E-state index contributed by atoms with van der Waals surface area (Å²) in [5, 5.41) is 6.14. The number of halogens is 5. The van der Waals surface area contributed by atoms with Crippen LogP contribution in [0.3, 0.4) is 0 Å². The standard InChI is InChI=1S/C21H21F5N6O/c22-19(23)32-8-7-11-9-14(5-6-15(11)18(32)33)30-20-28-10-16(21(24,25)26)17(31-20)29-13-3-1-12(27)2-4-13/h5-10,12-13,19H,1-4,27H2,(H2,28,29,30,31)/t12-,13+. The van der Waals surface area contributed by atoms with E-state index in [0.717, 1.165) is 6.20 Å². The molecule has 0 spiro atoms. The Morgan fingerprint density at radius 2 is 1.85 bits per heavy atom. The van der Waals surface area contributed by atoms with Crippen molar-refractivity contribution in [3.8, 4) is 0 Å². The van der Waals surface area contributed by atoms with Crippen molar-refractivity contribution < 1.29 is 22.0 Å². The molecule has 1 aliphatic carbocycles. The monoisotopic (exact) mass is 468 g/mol. The Hall–Kier alpha value is -3.28. The van der Waals surface area contributed by atoms with Gasteiger partial charge in [0, 0.05) is 35.6 Å². The lowest BCUT2D eigenvalue weighted by Crippen LogP contribution is -2.33. The van der Waals surface area contributed by atoms with E-state index in [4.69, 9.17) is 5.73 Å². The molecule has 2 aromatic heterocycles. The molecule has 12 heteroatoms. The number of hydrogen-bond acceptors (Lipinski definition) is 6. The van der Waals surface area contributed by atoms with Gasteiger partial charge in [0.15, 0.2) is 0 Å². The molecule has 0 saturated heterocycles. The summed E-state index contributed by atoms with van der Waals surface area (Å²) in [5.41, 5.74) is 4.42. The van der Waals surface area contributed by atoms with Crippen LogP contribution < -0.4 is 21.9 Å². The lowest BCUT2D eigenvalue weighted by molar-refractivity contribution is -0.137. The van der Waals surface area contributed by atoms with Gasteiger partial charge in [-0.3, -0.25) is 9.36 Å². The largest absolute Gasteiger partial charge is 0.421 e. The summed E-state index contributed by atoms with van der Waals surface area (Å²) in [5.74, 6) is -0.417.